The minimum Gasteiger partial charge on any atom is -0.329 e. The highest BCUT2D eigenvalue weighted by atomic mass is 19.1. The van der Waals surface area contributed by atoms with Crippen LogP contribution in [0.25, 0.3) is 0 Å². The van der Waals surface area contributed by atoms with E-state index < -0.39 is 24.3 Å². The van der Waals surface area contributed by atoms with Gasteiger partial charge in [0.05, 0.1) is 19.1 Å². The number of nitrogens with zero attached hydrogens (tertiary/aromatic N) is 3. The van der Waals surface area contributed by atoms with Gasteiger partial charge in [-0.25, -0.2) is 14.4 Å². The van der Waals surface area contributed by atoms with Gasteiger partial charge in [0.25, 0.3) is 5.91 Å². The topological polar surface area (TPSA) is 75.2 Å². The minimum atomic E-state index is -0.678. The lowest BCUT2D eigenvalue weighted by atomic mass is 9.84. The second kappa shape index (κ2) is 6.96. The van der Waals surface area contributed by atoms with Crippen molar-refractivity contribution in [2.24, 2.45) is 0 Å². The molecule has 0 unspecified atom stereocenters. The third-order valence-electron chi connectivity index (χ3n) is 3.87. The molecule has 0 bridgehead atoms. The molecule has 2 radical (unpaired) electrons. The quantitative estimate of drug-likeness (QED) is 0.824. The van der Waals surface area contributed by atoms with E-state index in [1.165, 1.54) is 11.0 Å². The molecule has 1 N–H and O–H groups in total. The first-order valence-electron chi connectivity index (χ1n) is 7.50. The van der Waals surface area contributed by atoms with E-state index in [0.717, 1.165) is 12.4 Å². The van der Waals surface area contributed by atoms with Crippen LogP contribution in [0.15, 0.2) is 30.6 Å². The van der Waals surface area contributed by atoms with Gasteiger partial charge in [0, 0.05) is 18.0 Å². The molecule has 9 heteroatoms. The van der Waals surface area contributed by atoms with Crippen LogP contribution in [0.5, 0.6) is 0 Å². The fourth-order valence-corrected chi connectivity index (χ4v) is 2.71. The normalized spacial score (nSPS) is 16.5. The molecule has 0 spiro atoms. The molecule has 0 saturated carbocycles. The highest BCUT2D eigenvalue weighted by Crippen LogP contribution is 2.27. The van der Waals surface area contributed by atoms with Gasteiger partial charge in [-0.2, -0.15) is 0 Å². The van der Waals surface area contributed by atoms with E-state index in [4.69, 9.17) is 7.85 Å². The molecule has 1 aliphatic heterocycles. The summed E-state index contributed by atoms with van der Waals surface area (Å²) in [4.78, 5) is 33.1. The number of anilines is 1. The number of hydrogen-bond donors (Lipinski definition) is 1. The van der Waals surface area contributed by atoms with Crippen LogP contribution in [-0.2, 0) is 4.79 Å². The van der Waals surface area contributed by atoms with E-state index in [9.17, 15) is 18.4 Å². The first-order chi connectivity index (χ1) is 12.0. The minimum absolute atomic E-state index is 0.0590. The third-order valence-corrected chi connectivity index (χ3v) is 3.87. The van der Waals surface area contributed by atoms with Gasteiger partial charge in [-0.1, -0.05) is 17.6 Å². The molecule has 1 aliphatic rings. The number of fused-ring (bicyclic) bond motifs is 1. The van der Waals surface area contributed by atoms with Crippen LogP contribution in [0.4, 0.5) is 14.7 Å². The molecule has 126 valence electrons. The van der Waals surface area contributed by atoms with Crippen LogP contribution in [0.1, 0.15) is 21.8 Å². The molecule has 1 aromatic carbocycles. The summed E-state index contributed by atoms with van der Waals surface area (Å²) in [6.45, 7) is -0.910. The SMILES string of the molecule is [B]c1ccc2c(c1)[C@@H](CF)CN(CC(=O)Nc1ncc(F)cn1)C2=O. The lowest BCUT2D eigenvalue weighted by molar-refractivity contribution is -0.117. The standard InChI is InChI=1S/C16H13BF2N4O2/c17-10-1-2-12-13(3-10)9(4-18)7-23(15(12)25)8-14(24)22-16-20-5-11(19)6-21-16/h1-3,5-6,9H,4,7-8H2,(H,20,21,22,24)/t9-/m0/s1. The molecule has 0 saturated heterocycles. The predicted octanol–water partition coefficient (Wildman–Crippen LogP) is 0.557. The summed E-state index contributed by atoms with van der Waals surface area (Å²) in [5.74, 6) is -2.20. The van der Waals surface area contributed by atoms with Crippen LogP contribution in [0.2, 0.25) is 0 Å². The van der Waals surface area contributed by atoms with E-state index in [2.05, 4.69) is 15.3 Å². The molecule has 2 aromatic rings. The van der Waals surface area contributed by atoms with Gasteiger partial charge >= 0.3 is 0 Å². The van der Waals surface area contributed by atoms with Crippen molar-refractivity contribution in [2.75, 3.05) is 25.1 Å². The van der Waals surface area contributed by atoms with Gasteiger partial charge in [-0.15, -0.1) is 0 Å². The average molecular weight is 342 g/mol. The summed E-state index contributed by atoms with van der Waals surface area (Å²) < 4.78 is 26.1. The maximum atomic E-state index is 13.4. The Morgan fingerprint density at radius 3 is 2.76 bits per heavy atom. The number of benzene rings is 1. The summed E-state index contributed by atoms with van der Waals surface area (Å²) in [5, 5.41) is 2.37. The summed E-state index contributed by atoms with van der Waals surface area (Å²) in [6, 6.07) is 4.67. The molecule has 3 rings (SSSR count). The zero-order valence-corrected chi connectivity index (χ0v) is 13.1. The van der Waals surface area contributed by atoms with Crippen molar-refractivity contribution in [2.45, 2.75) is 5.92 Å². The second-order valence-electron chi connectivity index (χ2n) is 5.66. The Morgan fingerprint density at radius 2 is 2.08 bits per heavy atom. The summed E-state index contributed by atoms with van der Waals surface area (Å²) >= 11 is 0. The molecule has 6 nitrogen and oxygen atoms in total. The third kappa shape index (κ3) is 3.65. The maximum absolute atomic E-state index is 13.4. The Morgan fingerprint density at radius 1 is 1.36 bits per heavy atom. The van der Waals surface area contributed by atoms with Gasteiger partial charge in [-0.05, 0) is 11.6 Å². The molecule has 2 heterocycles. The summed E-state index contributed by atoms with van der Waals surface area (Å²) in [5.41, 5.74) is 1.32. The van der Waals surface area contributed by atoms with Crippen LogP contribution in [0, 0.1) is 5.82 Å². The summed E-state index contributed by atoms with van der Waals surface area (Å²) in [6.07, 6.45) is 1.82. The maximum Gasteiger partial charge on any atom is 0.254 e. The van der Waals surface area contributed by atoms with Gasteiger partial charge in [0.2, 0.25) is 11.9 Å². The average Bonchev–Trinajstić information content (AvgIpc) is 2.59. The fraction of sp³-hybridized carbons (Fsp3) is 0.250. The number of carbonyl (C=O) groups is 2. The second-order valence-corrected chi connectivity index (χ2v) is 5.66. The lowest BCUT2D eigenvalue weighted by Crippen LogP contribution is -2.45. The predicted molar refractivity (Wildman–Crippen MR) is 87.1 cm³/mol. The number of aromatic nitrogens is 2. The molecule has 25 heavy (non-hydrogen) atoms. The number of hydrogen-bond acceptors (Lipinski definition) is 4. The molecule has 1 aromatic heterocycles. The fourth-order valence-electron chi connectivity index (χ4n) is 2.71. The van der Waals surface area contributed by atoms with Gasteiger partial charge in [-0.3, -0.25) is 19.3 Å². The van der Waals surface area contributed by atoms with Crippen LogP contribution < -0.4 is 10.8 Å². The number of alkyl halides is 1. The van der Waals surface area contributed by atoms with Crippen molar-refractivity contribution in [3.8, 4) is 0 Å². The number of carbonyl (C=O) groups excluding carboxylic acids is 2. The van der Waals surface area contributed by atoms with Crippen molar-refractivity contribution in [3.63, 3.8) is 0 Å². The van der Waals surface area contributed by atoms with E-state index in [1.807, 2.05) is 0 Å². The molecular formula is C16H13BF2N4O2. The lowest BCUT2D eigenvalue weighted by Gasteiger charge is -2.33. The van der Waals surface area contributed by atoms with Gasteiger partial charge in [0.15, 0.2) is 5.82 Å². The summed E-state index contributed by atoms with van der Waals surface area (Å²) in [7, 11) is 5.70. The molecule has 2 amide bonds. The van der Waals surface area contributed by atoms with Crippen molar-refractivity contribution in [3.05, 3.63) is 47.5 Å². The Labute approximate surface area is 143 Å². The van der Waals surface area contributed by atoms with E-state index in [1.54, 1.807) is 12.1 Å². The van der Waals surface area contributed by atoms with Crippen molar-refractivity contribution in [1.82, 2.24) is 14.9 Å². The first-order valence-corrected chi connectivity index (χ1v) is 7.50. The van der Waals surface area contributed by atoms with Gasteiger partial charge < -0.3 is 4.90 Å². The highest BCUT2D eigenvalue weighted by Gasteiger charge is 2.32. The van der Waals surface area contributed by atoms with Gasteiger partial charge in [0.1, 0.15) is 14.4 Å². The number of rotatable bonds is 4. The number of amides is 2. The largest absolute Gasteiger partial charge is 0.329 e. The van der Waals surface area contributed by atoms with Crippen LogP contribution in [0.3, 0.4) is 0 Å². The van der Waals surface area contributed by atoms with Crippen molar-refractivity contribution < 1.29 is 18.4 Å². The van der Waals surface area contributed by atoms with E-state index in [0.29, 0.717) is 16.6 Å². The molecular weight excluding hydrogens is 329 g/mol. The Kier molecular flexibility index (Phi) is 4.73. The Hall–Kier alpha value is -2.84. The van der Waals surface area contributed by atoms with Crippen LogP contribution >= 0.6 is 0 Å². The number of nitrogens with one attached hydrogen (secondary N) is 1. The Bertz CT molecular complexity index is 816. The van der Waals surface area contributed by atoms with Crippen LogP contribution in [-0.4, -0.2) is 54.3 Å². The Balaban J connectivity index is 1.74. The molecule has 1 atom stereocenters. The van der Waals surface area contributed by atoms with Crippen molar-refractivity contribution in [1.29, 1.82) is 0 Å². The van der Waals surface area contributed by atoms with E-state index >= 15 is 0 Å². The molecule has 0 fully saturated rings. The van der Waals surface area contributed by atoms with E-state index in [-0.39, 0.29) is 24.9 Å². The zero-order chi connectivity index (χ0) is 18.0. The first kappa shape index (κ1) is 17.0. The molecule has 0 aliphatic carbocycles. The smallest absolute Gasteiger partial charge is 0.254 e. The monoisotopic (exact) mass is 342 g/mol. The number of halogens is 2. The highest BCUT2D eigenvalue weighted by molar-refractivity contribution is 6.32. The van der Waals surface area contributed by atoms with Crippen molar-refractivity contribution >= 4 is 31.1 Å². The zero-order valence-electron chi connectivity index (χ0n) is 13.1.